The van der Waals surface area contributed by atoms with E-state index in [0.717, 1.165) is 5.69 Å². The Kier molecular flexibility index (Phi) is 3.33. The molecule has 1 unspecified atom stereocenters. The minimum Gasteiger partial charge on any atom is -0.373 e. The molecule has 1 aromatic carbocycles. The average Bonchev–Trinajstić information content (AvgIpc) is 2.57. The van der Waals surface area contributed by atoms with E-state index in [4.69, 9.17) is 11.6 Å². The minimum atomic E-state index is -0.455. The normalized spacial score (nSPS) is 19.9. The molecule has 0 radical (unpaired) electrons. The van der Waals surface area contributed by atoms with E-state index in [-0.39, 0.29) is 18.2 Å². The lowest BCUT2D eigenvalue weighted by Crippen LogP contribution is -2.34. The number of carbonyl (C=O) groups excluding carboxylic acids is 2. The Hall–Kier alpha value is -1.55. The Morgan fingerprint density at radius 1 is 1.35 bits per heavy atom. The van der Waals surface area contributed by atoms with Crippen LogP contribution in [0, 0.1) is 0 Å². The fourth-order valence-electron chi connectivity index (χ4n) is 1.88. The van der Waals surface area contributed by atoms with Gasteiger partial charge in [0.2, 0.25) is 5.91 Å². The highest BCUT2D eigenvalue weighted by molar-refractivity contribution is 6.30. The average molecular weight is 253 g/mol. The number of benzene rings is 1. The number of halogens is 1. The van der Waals surface area contributed by atoms with Crippen LogP contribution in [-0.2, 0) is 9.59 Å². The predicted molar refractivity (Wildman–Crippen MR) is 65.9 cm³/mol. The van der Waals surface area contributed by atoms with Crippen LogP contribution < -0.4 is 5.32 Å². The molecule has 0 aromatic heterocycles. The lowest BCUT2D eigenvalue weighted by molar-refractivity contribution is -0.138. The van der Waals surface area contributed by atoms with Gasteiger partial charge in [0, 0.05) is 17.3 Å². The molecule has 1 saturated heterocycles. The number of carbonyl (C=O) groups is 2. The Morgan fingerprint density at radius 2 is 2.00 bits per heavy atom. The maximum absolute atomic E-state index is 11.8. The largest absolute Gasteiger partial charge is 0.373 e. The second-order valence-electron chi connectivity index (χ2n) is 3.88. The van der Waals surface area contributed by atoms with Crippen LogP contribution in [0.3, 0.4) is 0 Å². The summed E-state index contributed by atoms with van der Waals surface area (Å²) >= 11 is 5.77. The van der Waals surface area contributed by atoms with Gasteiger partial charge >= 0.3 is 0 Å². The summed E-state index contributed by atoms with van der Waals surface area (Å²) in [6.07, 6.45) is 0.218. The molecule has 4 nitrogen and oxygen atoms in total. The van der Waals surface area contributed by atoms with Crippen LogP contribution in [0.1, 0.15) is 13.3 Å². The van der Waals surface area contributed by atoms with Gasteiger partial charge in [0.25, 0.3) is 5.91 Å². The van der Waals surface area contributed by atoms with Gasteiger partial charge in [-0.3, -0.25) is 14.5 Å². The van der Waals surface area contributed by atoms with Gasteiger partial charge in [0.15, 0.2) is 0 Å². The second kappa shape index (κ2) is 4.75. The summed E-state index contributed by atoms with van der Waals surface area (Å²) in [4.78, 5) is 24.6. The number of amides is 2. The highest BCUT2D eigenvalue weighted by Gasteiger charge is 2.37. The number of imide groups is 1. The van der Waals surface area contributed by atoms with Gasteiger partial charge in [-0.25, -0.2) is 0 Å². The summed E-state index contributed by atoms with van der Waals surface area (Å²) in [5, 5.41) is 3.68. The maximum atomic E-state index is 11.8. The van der Waals surface area contributed by atoms with Crippen molar-refractivity contribution in [2.75, 3.05) is 11.9 Å². The maximum Gasteiger partial charge on any atom is 0.252 e. The van der Waals surface area contributed by atoms with Gasteiger partial charge in [-0.05, 0) is 31.2 Å². The van der Waals surface area contributed by atoms with Crippen LogP contribution in [0.2, 0.25) is 5.02 Å². The standard InChI is InChI=1S/C12H13ClN2O2/c1-2-15-11(16)7-10(12(15)17)14-9-5-3-8(13)4-6-9/h3-6,10,14H,2,7H2,1H3. The molecule has 5 heteroatoms. The fraction of sp³-hybridized carbons (Fsp3) is 0.333. The van der Waals surface area contributed by atoms with E-state index in [1.54, 1.807) is 31.2 Å². The Morgan fingerprint density at radius 3 is 2.53 bits per heavy atom. The summed E-state index contributed by atoms with van der Waals surface area (Å²) in [6, 6.07) is 6.60. The number of rotatable bonds is 3. The van der Waals surface area contributed by atoms with Crippen molar-refractivity contribution in [3.8, 4) is 0 Å². The first-order valence-corrected chi connectivity index (χ1v) is 5.86. The summed E-state index contributed by atoms with van der Waals surface area (Å²) < 4.78 is 0. The summed E-state index contributed by atoms with van der Waals surface area (Å²) in [6.45, 7) is 2.22. The van der Waals surface area contributed by atoms with E-state index in [0.29, 0.717) is 11.6 Å². The van der Waals surface area contributed by atoms with Crippen molar-refractivity contribution in [2.24, 2.45) is 0 Å². The van der Waals surface area contributed by atoms with Gasteiger partial charge in [0.05, 0.1) is 6.42 Å². The number of nitrogens with zero attached hydrogens (tertiary/aromatic N) is 1. The van der Waals surface area contributed by atoms with Crippen LogP contribution in [0.4, 0.5) is 5.69 Å². The van der Waals surface area contributed by atoms with Crippen molar-refractivity contribution < 1.29 is 9.59 Å². The zero-order valence-corrected chi connectivity index (χ0v) is 10.2. The second-order valence-corrected chi connectivity index (χ2v) is 4.32. The van der Waals surface area contributed by atoms with E-state index in [1.807, 2.05) is 0 Å². The first kappa shape index (κ1) is 11.9. The molecular formula is C12H13ClN2O2. The van der Waals surface area contributed by atoms with Crippen LogP contribution >= 0.6 is 11.6 Å². The number of likely N-dealkylation sites (N-methyl/N-ethyl adjacent to an activating group) is 1. The lowest BCUT2D eigenvalue weighted by atomic mass is 10.2. The number of hydrogen-bond donors (Lipinski definition) is 1. The molecule has 1 aliphatic rings. The van der Waals surface area contributed by atoms with E-state index in [9.17, 15) is 9.59 Å². The molecule has 2 amide bonds. The molecule has 1 fully saturated rings. The zero-order valence-electron chi connectivity index (χ0n) is 9.44. The third-order valence-corrected chi connectivity index (χ3v) is 3.00. The Balaban J connectivity index is 2.08. The topological polar surface area (TPSA) is 49.4 Å². The minimum absolute atomic E-state index is 0.121. The molecule has 0 aliphatic carbocycles. The van der Waals surface area contributed by atoms with Crippen LogP contribution in [0.5, 0.6) is 0 Å². The van der Waals surface area contributed by atoms with Crippen molar-refractivity contribution in [1.29, 1.82) is 0 Å². The summed E-state index contributed by atoms with van der Waals surface area (Å²) in [5.41, 5.74) is 0.790. The molecule has 0 saturated carbocycles. The molecular weight excluding hydrogens is 240 g/mol. The molecule has 1 atom stereocenters. The smallest absolute Gasteiger partial charge is 0.252 e. The van der Waals surface area contributed by atoms with E-state index < -0.39 is 6.04 Å². The molecule has 0 spiro atoms. The van der Waals surface area contributed by atoms with E-state index >= 15 is 0 Å². The van der Waals surface area contributed by atoms with Gasteiger partial charge in [-0.2, -0.15) is 0 Å². The molecule has 90 valence electrons. The summed E-state index contributed by atoms with van der Waals surface area (Å²) in [5.74, 6) is -0.281. The van der Waals surface area contributed by atoms with Gasteiger partial charge < -0.3 is 5.32 Å². The SMILES string of the molecule is CCN1C(=O)CC(Nc2ccc(Cl)cc2)C1=O. The zero-order chi connectivity index (χ0) is 12.4. The van der Waals surface area contributed by atoms with Crippen molar-refractivity contribution in [3.63, 3.8) is 0 Å². The van der Waals surface area contributed by atoms with Gasteiger partial charge in [-0.1, -0.05) is 11.6 Å². The molecule has 2 rings (SSSR count). The number of anilines is 1. The molecule has 17 heavy (non-hydrogen) atoms. The van der Waals surface area contributed by atoms with Crippen molar-refractivity contribution in [1.82, 2.24) is 4.90 Å². The highest BCUT2D eigenvalue weighted by atomic mass is 35.5. The van der Waals surface area contributed by atoms with Crippen LogP contribution in [-0.4, -0.2) is 29.3 Å². The van der Waals surface area contributed by atoms with Gasteiger partial charge in [0.1, 0.15) is 6.04 Å². The number of likely N-dealkylation sites (tertiary alicyclic amines) is 1. The van der Waals surface area contributed by atoms with Crippen molar-refractivity contribution >= 4 is 29.1 Å². The van der Waals surface area contributed by atoms with Crippen LogP contribution in [0.25, 0.3) is 0 Å². The fourth-order valence-corrected chi connectivity index (χ4v) is 2.00. The Labute approximate surface area is 105 Å². The number of nitrogens with one attached hydrogen (secondary N) is 1. The first-order chi connectivity index (χ1) is 8.11. The van der Waals surface area contributed by atoms with Gasteiger partial charge in [-0.15, -0.1) is 0 Å². The summed E-state index contributed by atoms with van der Waals surface area (Å²) in [7, 11) is 0. The van der Waals surface area contributed by atoms with Crippen molar-refractivity contribution in [3.05, 3.63) is 29.3 Å². The molecule has 1 N–H and O–H groups in total. The molecule has 1 heterocycles. The Bertz CT molecular complexity index is 444. The quantitative estimate of drug-likeness (QED) is 0.836. The molecule has 1 aromatic rings. The first-order valence-electron chi connectivity index (χ1n) is 5.48. The molecule has 0 bridgehead atoms. The lowest BCUT2D eigenvalue weighted by Gasteiger charge is -2.14. The molecule has 1 aliphatic heterocycles. The van der Waals surface area contributed by atoms with Crippen LogP contribution in [0.15, 0.2) is 24.3 Å². The van der Waals surface area contributed by atoms with E-state index in [2.05, 4.69) is 5.32 Å². The van der Waals surface area contributed by atoms with E-state index in [1.165, 1.54) is 4.90 Å². The van der Waals surface area contributed by atoms with Crippen molar-refractivity contribution in [2.45, 2.75) is 19.4 Å². The third-order valence-electron chi connectivity index (χ3n) is 2.75. The monoisotopic (exact) mass is 252 g/mol. The third kappa shape index (κ3) is 2.42. The predicted octanol–water partition coefficient (Wildman–Crippen LogP) is 1.90. The number of hydrogen-bond acceptors (Lipinski definition) is 3. The highest BCUT2D eigenvalue weighted by Crippen LogP contribution is 2.19.